The van der Waals surface area contributed by atoms with Gasteiger partial charge in [0.05, 0.1) is 5.69 Å². The number of halogens is 3. The van der Waals surface area contributed by atoms with Crippen molar-refractivity contribution in [3.05, 3.63) is 11.8 Å². The predicted molar refractivity (Wildman–Crippen MR) is 100 cm³/mol. The van der Waals surface area contributed by atoms with Crippen LogP contribution in [-0.2, 0) is 4.79 Å². The van der Waals surface area contributed by atoms with E-state index in [1.807, 2.05) is 4.90 Å². The van der Waals surface area contributed by atoms with Gasteiger partial charge in [-0.3, -0.25) is 4.79 Å². The van der Waals surface area contributed by atoms with Crippen molar-refractivity contribution in [2.24, 2.45) is 5.92 Å². The molecule has 3 heterocycles. The molecule has 2 fully saturated rings. The van der Waals surface area contributed by atoms with Crippen molar-refractivity contribution in [2.75, 3.05) is 18.4 Å². The van der Waals surface area contributed by atoms with Crippen LogP contribution in [0.1, 0.15) is 75.9 Å². The highest BCUT2D eigenvalue weighted by atomic mass is 19.4. The maximum Gasteiger partial charge on any atom is 0.410 e. The molecular formula is C20H29F3N4O. The number of nitrogens with one attached hydrogen (secondary N) is 1. The van der Waals surface area contributed by atoms with E-state index in [4.69, 9.17) is 0 Å². The molecule has 1 aromatic heterocycles. The van der Waals surface area contributed by atoms with Crippen LogP contribution in [0.2, 0.25) is 0 Å². The maximum atomic E-state index is 13.5. The predicted octanol–water partition coefficient (Wildman–Crippen LogP) is 4.48. The third kappa shape index (κ3) is 3.87. The highest BCUT2D eigenvalue weighted by molar-refractivity contribution is 5.79. The van der Waals surface area contributed by atoms with Gasteiger partial charge in [-0.05, 0) is 39.0 Å². The Hall–Kier alpha value is -1.73. The number of alkyl halides is 3. The van der Waals surface area contributed by atoms with Crippen molar-refractivity contribution < 1.29 is 18.0 Å². The Morgan fingerprint density at radius 3 is 2.64 bits per heavy atom. The molecule has 8 heteroatoms. The SMILES string of the molecule is C[C@@H]1C[C@H](C(F)(F)F)n2nc([C@H]3CCCN(C(=O)C4CCCCC4)C3)cc2N1. The fourth-order valence-electron chi connectivity index (χ4n) is 5.00. The van der Waals surface area contributed by atoms with Crippen molar-refractivity contribution in [3.63, 3.8) is 0 Å². The third-order valence-corrected chi connectivity index (χ3v) is 6.50. The zero-order chi connectivity index (χ0) is 19.9. The summed E-state index contributed by atoms with van der Waals surface area (Å²) in [7, 11) is 0. The Balaban J connectivity index is 1.51. The Morgan fingerprint density at radius 1 is 1.18 bits per heavy atom. The van der Waals surface area contributed by atoms with E-state index in [2.05, 4.69) is 10.4 Å². The van der Waals surface area contributed by atoms with Crippen LogP contribution in [0, 0.1) is 5.92 Å². The first-order valence-corrected chi connectivity index (χ1v) is 10.5. The normalized spacial score (nSPS) is 29.3. The lowest BCUT2D eigenvalue weighted by atomic mass is 9.87. The van der Waals surface area contributed by atoms with E-state index in [0.717, 1.165) is 49.8 Å². The van der Waals surface area contributed by atoms with E-state index < -0.39 is 12.2 Å². The number of fused-ring (bicyclic) bond motifs is 1. The molecule has 28 heavy (non-hydrogen) atoms. The summed E-state index contributed by atoms with van der Waals surface area (Å²) in [4.78, 5) is 14.8. The molecule has 0 unspecified atom stereocenters. The minimum Gasteiger partial charge on any atom is -0.368 e. The average Bonchev–Trinajstić information content (AvgIpc) is 3.10. The summed E-state index contributed by atoms with van der Waals surface area (Å²) in [6.07, 6.45) is 2.77. The zero-order valence-corrected chi connectivity index (χ0v) is 16.3. The first-order chi connectivity index (χ1) is 13.3. The molecule has 156 valence electrons. The van der Waals surface area contributed by atoms with E-state index in [0.29, 0.717) is 18.1 Å². The number of carbonyl (C=O) groups excluding carboxylic acids is 1. The van der Waals surface area contributed by atoms with E-state index >= 15 is 0 Å². The minimum absolute atomic E-state index is 0.00498. The molecule has 3 aliphatic rings. The van der Waals surface area contributed by atoms with Gasteiger partial charge in [0, 0.05) is 37.0 Å². The van der Waals surface area contributed by atoms with Crippen LogP contribution < -0.4 is 5.32 Å². The molecule has 1 N–H and O–H groups in total. The van der Waals surface area contributed by atoms with Gasteiger partial charge in [-0.2, -0.15) is 18.3 Å². The molecule has 1 saturated carbocycles. The van der Waals surface area contributed by atoms with Crippen LogP contribution in [0.5, 0.6) is 0 Å². The van der Waals surface area contributed by atoms with Crippen LogP contribution in [0.4, 0.5) is 19.0 Å². The largest absolute Gasteiger partial charge is 0.410 e. The van der Waals surface area contributed by atoms with Crippen molar-refractivity contribution >= 4 is 11.7 Å². The molecule has 1 aliphatic carbocycles. The number of rotatable bonds is 2. The minimum atomic E-state index is -4.32. The van der Waals surface area contributed by atoms with E-state index in [-0.39, 0.29) is 30.2 Å². The molecular weight excluding hydrogens is 369 g/mol. The van der Waals surface area contributed by atoms with Crippen LogP contribution in [-0.4, -0.2) is 45.9 Å². The first-order valence-electron chi connectivity index (χ1n) is 10.5. The quantitative estimate of drug-likeness (QED) is 0.799. The highest BCUT2D eigenvalue weighted by Gasteiger charge is 2.46. The van der Waals surface area contributed by atoms with Crippen LogP contribution >= 0.6 is 0 Å². The second-order valence-corrected chi connectivity index (χ2v) is 8.70. The number of nitrogens with zero attached hydrogens (tertiary/aromatic N) is 3. The molecule has 0 radical (unpaired) electrons. The lowest BCUT2D eigenvalue weighted by Crippen LogP contribution is -2.43. The Labute approximate surface area is 163 Å². The number of amides is 1. The lowest BCUT2D eigenvalue weighted by Gasteiger charge is -2.35. The average molecular weight is 398 g/mol. The summed E-state index contributed by atoms with van der Waals surface area (Å²) in [6.45, 7) is 3.08. The summed E-state index contributed by atoms with van der Waals surface area (Å²) >= 11 is 0. The molecule has 0 aromatic carbocycles. The Bertz CT molecular complexity index is 711. The molecule has 4 rings (SSSR count). The number of piperidine rings is 1. The van der Waals surface area contributed by atoms with Gasteiger partial charge in [0.15, 0.2) is 6.04 Å². The molecule has 1 saturated heterocycles. The number of anilines is 1. The maximum absolute atomic E-state index is 13.5. The van der Waals surface area contributed by atoms with Gasteiger partial charge in [0.2, 0.25) is 5.91 Å². The van der Waals surface area contributed by atoms with Gasteiger partial charge >= 0.3 is 6.18 Å². The number of likely N-dealkylation sites (tertiary alicyclic amines) is 1. The third-order valence-electron chi connectivity index (χ3n) is 6.50. The molecule has 3 atom stereocenters. The molecule has 0 bridgehead atoms. The standard InChI is InChI=1S/C20H29F3N4O/c1-13-10-17(20(21,22)23)27-18(24-13)11-16(25-27)15-8-5-9-26(12-15)19(28)14-6-3-2-4-7-14/h11,13-15,17,24H,2-10,12H2,1H3/t13-,15+,17-/m1/s1. The molecule has 1 aromatic rings. The van der Waals surface area contributed by atoms with Crippen LogP contribution in [0.15, 0.2) is 6.07 Å². The summed E-state index contributed by atoms with van der Waals surface area (Å²) in [5.74, 6) is 0.797. The molecule has 1 amide bonds. The Morgan fingerprint density at radius 2 is 1.93 bits per heavy atom. The van der Waals surface area contributed by atoms with Gasteiger partial charge in [-0.25, -0.2) is 4.68 Å². The monoisotopic (exact) mass is 398 g/mol. The van der Waals surface area contributed by atoms with E-state index in [9.17, 15) is 18.0 Å². The first kappa shape index (κ1) is 19.6. The van der Waals surface area contributed by atoms with Crippen LogP contribution in [0.3, 0.4) is 0 Å². The van der Waals surface area contributed by atoms with Crippen molar-refractivity contribution in [1.29, 1.82) is 0 Å². The summed E-state index contributed by atoms with van der Waals surface area (Å²) in [5, 5.41) is 7.49. The van der Waals surface area contributed by atoms with Crippen molar-refractivity contribution in [2.45, 2.75) is 82.5 Å². The lowest BCUT2D eigenvalue weighted by molar-refractivity contribution is -0.173. The summed E-state index contributed by atoms with van der Waals surface area (Å²) in [6, 6.07) is -0.0799. The second kappa shape index (κ2) is 7.59. The van der Waals surface area contributed by atoms with Crippen molar-refractivity contribution in [1.82, 2.24) is 14.7 Å². The van der Waals surface area contributed by atoms with Crippen molar-refractivity contribution in [3.8, 4) is 0 Å². The molecule has 0 spiro atoms. The molecule has 5 nitrogen and oxygen atoms in total. The zero-order valence-electron chi connectivity index (χ0n) is 16.3. The van der Waals surface area contributed by atoms with E-state index in [1.165, 1.54) is 6.42 Å². The fraction of sp³-hybridized carbons (Fsp3) is 0.800. The number of hydrogen-bond donors (Lipinski definition) is 1. The van der Waals surface area contributed by atoms with E-state index in [1.54, 1.807) is 13.0 Å². The fourth-order valence-corrected chi connectivity index (χ4v) is 5.00. The highest BCUT2D eigenvalue weighted by Crippen LogP contribution is 2.41. The summed E-state index contributed by atoms with van der Waals surface area (Å²) < 4.78 is 41.5. The van der Waals surface area contributed by atoms with Crippen LogP contribution in [0.25, 0.3) is 0 Å². The van der Waals surface area contributed by atoms with Gasteiger partial charge in [-0.15, -0.1) is 0 Å². The smallest absolute Gasteiger partial charge is 0.368 e. The number of hydrogen-bond acceptors (Lipinski definition) is 3. The van der Waals surface area contributed by atoms with Gasteiger partial charge in [0.25, 0.3) is 0 Å². The molecule has 2 aliphatic heterocycles. The Kier molecular flexibility index (Phi) is 5.31. The number of carbonyl (C=O) groups is 1. The number of aromatic nitrogens is 2. The van der Waals surface area contributed by atoms with Gasteiger partial charge in [-0.1, -0.05) is 19.3 Å². The second-order valence-electron chi connectivity index (χ2n) is 8.70. The van der Waals surface area contributed by atoms with Gasteiger partial charge in [0.1, 0.15) is 5.82 Å². The topological polar surface area (TPSA) is 50.2 Å². The van der Waals surface area contributed by atoms with Gasteiger partial charge < -0.3 is 10.2 Å². The summed E-state index contributed by atoms with van der Waals surface area (Å²) in [5.41, 5.74) is 0.673.